The van der Waals surface area contributed by atoms with Crippen molar-refractivity contribution in [1.29, 1.82) is 0 Å². The number of nitrogens with one attached hydrogen (secondary N) is 1. The molecule has 0 spiro atoms. The van der Waals surface area contributed by atoms with Gasteiger partial charge in [-0.1, -0.05) is 12.1 Å². The highest BCUT2D eigenvalue weighted by Gasteiger charge is 2.14. The molecule has 1 aromatic rings. The van der Waals surface area contributed by atoms with Crippen LogP contribution in [0.3, 0.4) is 0 Å². The standard InChI is InChI=1S/C13H19NO4S/c1-13(2,16)9-14-12(15)11-6-4-10(5-7-11)8-19(3,17)18/h4-7,16H,8-9H2,1-3H3,(H,14,15). The van der Waals surface area contributed by atoms with E-state index in [1.54, 1.807) is 38.1 Å². The van der Waals surface area contributed by atoms with E-state index in [1.807, 2.05) is 0 Å². The van der Waals surface area contributed by atoms with Crippen molar-refractivity contribution in [2.75, 3.05) is 12.8 Å². The summed E-state index contributed by atoms with van der Waals surface area (Å²) in [7, 11) is -3.07. The summed E-state index contributed by atoms with van der Waals surface area (Å²) in [6, 6.07) is 6.36. The van der Waals surface area contributed by atoms with Gasteiger partial charge in [0, 0.05) is 18.4 Å². The number of hydrogen-bond acceptors (Lipinski definition) is 4. The molecule has 1 aromatic carbocycles. The molecule has 0 unspecified atom stereocenters. The number of rotatable bonds is 5. The minimum Gasteiger partial charge on any atom is -0.389 e. The Hall–Kier alpha value is -1.40. The summed E-state index contributed by atoms with van der Waals surface area (Å²) < 4.78 is 22.3. The molecule has 0 saturated heterocycles. The first-order valence-corrected chi connectivity index (χ1v) is 7.90. The lowest BCUT2D eigenvalue weighted by molar-refractivity contribution is 0.0694. The van der Waals surface area contributed by atoms with Gasteiger partial charge in [-0.3, -0.25) is 4.79 Å². The van der Waals surface area contributed by atoms with Crippen molar-refractivity contribution < 1.29 is 18.3 Å². The lowest BCUT2D eigenvalue weighted by Gasteiger charge is -2.17. The van der Waals surface area contributed by atoms with E-state index in [-0.39, 0.29) is 18.2 Å². The molecule has 0 aliphatic carbocycles. The Labute approximate surface area is 113 Å². The predicted octanol–water partition coefficient (Wildman–Crippen LogP) is 0.732. The fourth-order valence-corrected chi connectivity index (χ4v) is 2.25. The van der Waals surface area contributed by atoms with Crippen molar-refractivity contribution in [2.24, 2.45) is 0 Å². The number of aliphatic hydroxyl groups is 1. The maximum absolute atomic E-state index is 11.7. The first-order valence-electron chi connectivity index (χ1n) is 5.84. The molecule has 0 aliphatic heterocycles. The summed E-state index contributed by atoms with van der Waals surface area (Å²) >= 11 is 0. The van der Waals surface area contributed by atoms with E-state index in [9.17, 15) is 18.3 Å². The number of amides is 1. The van der Waals surface area contributed by atoms with Crippen LogP contribution < -0.4 is 5.32 Å². The summed E-state index contributed by atoms with van der Waals surface area (Å²) in [4.78, 5) is 11.7. The second-order valence-corrected chi connectivity index (χ2v) is 7.40. The summed E-state index contributed by atoms with van der Waals surface area (Å²) in [5.74, 6) is -0.341. The molecule has 5 nitrogen and oxygen atoms in total. The molecular formula is C13H19NO4S. The van der Waals surface area contributed by atoms with Crippen LogP contribution >= 0.6 is 0 Å². The Kier molecular flexibility index (Phi) is 4.70. The van der Waals surface area contributed by atoms with Crippen LogP contribution in [-0.2, 0) is 15.6 Å². The molecule has 1 rings (SSSR count). The molecule has 2 N–H and O–H groups in total. The lowest BCUT2D eigenvalue weighted by atomic mass is 10.1. The molecule has 6 heteroatoms. The molecule has 0 bridgehead atoms. The molecule has 0 saturated carbocycles. The number of carbonyl (C=O) groups is 1. The second kappa shape index (κ2) is 5.71. The molecule has 0 radical (unpaired) electrons. The second-order valence-electron chi connectivity index (χ2n) is 5.26. The van der Waals surface area contributed by atoms with Gasteiger partial charge < -0.3 is 10.4 Å². The van der Waals surface area contributed by atoms with E-state index >= 15 is 0 Å². The number of sulfone groups is 1. The topological polar surface area (TPSA) is 83.5 Å². The monoisotopic (exact) mass is 285 g/mol. The summed E-state index contributed by atoms with van der Waals surface area (Å²) in [6.45, 7) is 3.35. The van der Waals surface area contributed by atoms with Gasteiger partial charge in [0.05, 0.1) is 11.4 Å². The van der Waals surface area contributed by atoms with Crippen molar-refractivity contribution in [3.05, 3.63) is 35.4 Å². The molecule has 1 amide bonds. The van der Waals surface area contributed by atoms with Gasteiger partial charge in [0.2, 0.25) is 0 Å². The van der Waals surface area contributed by atoms with Gasteiger partial charge in [-0.05, 0) is 31.5 Å². The van der Waals surface area contributed by atoms with E-state index in [0.29, 0.717) is 11.1 Å². The number of carbonyl (C=O) groups excluding carboxylic acids is 1. The SMILES string of the molecule is CC(C)(O)CNC(=O)c1ccc(CS(C)(=O)=O)cc1. The van der Waals surface area contributed by atoms with Gasteiger partial charge >= 0.3 is 0 Å². The Balaban J connectivity index is 2.68. The van der Waals surface area contributed by atoms with Gasteiger partial charge in [0.1, 0.15) is 0 Å². The Morgan fingerprint density at radius 3 is 2.21 bits per heavy atom. The van der Waals surface area contributed by atoms with Crippen LogP contribution in [-0.4, -0.2) is 37.8 Å². The zero-order valence-corrected chi connectivity index (χ0v) is 12.1. The van der Waals surface area contributed by atoms with Crippen molar-refractivity contribution in [3.8, 4) is 0 Å². The van der Waals surface area contributed by atoms with Gasteiger partial charge in [0.15, 0.2) is 9.84 Å². The predicted molar refractivity (Wildman–Crippen MR) is 73.6 cm³/mol. The van der Waals surface area contributed by atoms with Crippen molar-refractivity contribution >= 4 is 15.7 Å². The third kappa shape index (κ3) is 6.35. The molecule has 0 atom stereocenters. The first-order chi connectivity index (χ1) is 8.57. The number of hydrogen-bond donors (Lipinski definition) is 2. The van der Waals surface area contributed by atoms with Crippen molar-refractivity contribution in [3.63, 3.8) is 0 Å². The quantitative estimate of drug-likeness (QED) is 0.835. The largest absolute Gasteiger partial charge is 0.389 e. The Morgan fingerprint density at radius 1 is 1.26 bits per heavy atom. The van der Waals surface area contributed by atoms with Crippen LogP contribution in [0, 0.1) is 0 Å². The van der Waals surface area contributed by atoms with Crippen LogP contribution in [0.1, 0.15) is 29.8 Å². The van der Waals surface area contributed by atoms with Crippen LogP contribution in [0.15, 0.2) is 24.3 Å². The zero-order chi connectivity index (χ0) is 14.7. The summed E-state index contributed by atoms with van der Waals surface area (Å²) in [6.07, 6.45) is 1.16. The van der Waals surface area contributed by atoms with E-state index < -0.39 is 15.4 Å². The van der Waals surface area contributed by atoms with Crippen molar-refractivity contribution in [2.45, 2.75) is 25.2 Å². The molecule has 19 heavy (non-hydrogen) atoms. The zero-order valence-electron chi connectivity index (χ0n) is 11.3. The summed E-state index contributed by atoms with van der Waals surface area (Å²) in [5, 5.41) is 12.1. The third-order valence-electron chi connectivity index (χ3n) is 2.33. The van der Waals surface area contributed by atoms with E-state index in [1.165, 1.54) is 0 Å². The van der Waals surface area contributed by atoms with Crippen LogP contribution in [0.5, 0.6) is 0 Å². The van der Waals surface area contributed by atoms with Crippen LogP contribution in [0.2, 0.25) is 0 Å². The lowest BCUT2D eigenvalue weighted by Crippen LogP contribution is -2.38. The minimum absolute atomic E-state index is 0.0431. The Bertz CT molecular complexity index is 541. The smallest absolute Gasteiger partial charge is 0.251 e. The van der Waals surface area contributed by atoms with E-state index in [0.717, 1.165) is 6.26 Å². The molecule has 0 heterocycles. The normalized spacial score (nSPS) is 12.2. The average molecular weight is 285 g/mol. The maximum Gasteiger partial charge on any atom is 0.251 e. The molecule has 0 aromatic heterocycles. The minimum atomic E-state index is -3.07. The van der Waals surface area contributed by atoms with E-state index in [2.05, 4.69) is 5.32 Å². The van der Waals surface area contributed by atoms with E-state index in [4.69, 9.17) is 0 Å². The van der Waals surface area contributed by atoms with Crippen molar-refractivity contribution in [1.82, 2.24) is 5.32 Å². The third-order valence-corrected chi connectivity index (χ3v) is 3.18. The molecule has 0 fully saturated rings. The Morgan fingerprint density at radius 2 is 1.79 bits per heavy atom. The highest BCUT2D eigenvalue weighted by atomic mass is 32.2. The van der Waals surface area contributed by atoms with Crippen LogP contribution in [0.4, 0.5) is 0 Å². The van der Waals surface area contributed by atoms with Gasteiger partial charge in [0.25, 0.3) is 5.91 Å². The average Bonchev–Trinajstić information content (AvgIpc) is 2.23. The molecule has 0 aliphatic rings. The summed E-state index contributed by atoms with van der Waals surface area (Å²) in [5.41, 5.74) is 0.106. The molecule has 106 valence electrons. The molecular weight excluding hydrogens is 266 g/mol. The number of benzene rings is 1. The van der Waals surface area contributed by atoms with Gasteiger partial charge in [-0.2, -0.15) is 0 Å². The fourth-order valence-electron chi connectivity index (χ4n) is 1.45. The van der Waals surface area contributed by atoms with Gasteiger partial charge in [-0.15, -0.1) is 0 Å². The van der Waals surface area contributed by atoms with Crippen LogP contribution in [0.25, 0.3) is 0 Å². The highest BCUT2D eigenvalue weighted by Crippen LogP contribution is 2.08. The maximum atomic E-state index is 11.7. The van der Waals surface area contributed by atoms with Gasteiger partial charge in [-0.25, -0.2) is 8.42 Å². The fraction of sp³-hybridized carbons (Fsp3) is 0.462. The first kappa shape index (κ1) is 15.7. The highest BCUT2D eigenvalue weighted by molar-refractivity contribution is 7.89.